The van der Waals surface area contributed by atoms with E-state index in [-0.39, 0.29) is 0 Å². The van der Waals surface area contributed by atoms with E-state index in [2.05, 4.69) is 56.3 Å². The molecule has 1 aromatic rings. The van der Waals surface area contributed by atoms with Crippen molar-refractivity contribution >= 4 is 5.57 Å². The maximum atomic E-state index is 2.44. The van der Waals surface area contributed by atoms with Crippen molar-refractivity contribution in [2.75, 3.05) is 0 Å². The molecule has 0 aliphatic heterocycles. The second-order valence-electron chi connectivity index (χ2n) is 6.66. The largest absolute Gasteiger partial charge is 0.0805 e. The van der Waals surface area contributed by atoms with Crippen LogP contribution in [0.1, 0.15) is 76.3 Å². The van der Waals surface area contributed by atoms with Gasteiger partial charge in [0.2, 0.25) is 0 Å². The number of hydrogen-bond acceptors (Lipinski definition) is 0. The van der Waals surface area contributed by atoms with Crippen LogP contribution in [0.25, 0.3) is 5.57 Å². The van der Waals surface area contributed by atoms with Gasteiger partial charge in [0.05, 0.1) is 0 Å². The van der Waals surface area contributed by atoms with E-state index < -0.39 is 0 Å². The molecule has 1 atom stereocenters. The average molecular weight is 296 g/mol. The average Bonchev–Trinajstić information content (AvgIpc) is 2.58. The molecule has 0 heterocycles. The molecule has 0 nitrogen and oxygen atoms in total. The Morgan fingerprint density at radius 2 is 1.68 bits per heavy atom. The zero-order valence-electron chi connectivity index (χ0n) is 14.5. The van der Waals surface area contributed by atoms with Gasteiger partial charge in [-0.3, -0.25) is 0 Å². The minimum Gasteiger partial charge on any atom is -0.0805 e. The third-order valence-electron chi connectivity index (χ3n) is 4.72. The van der Waals surface area contributed by atoms with Crippen LogP contribution in [0.5, 0.6) is 0 Å². The van der Waals surface area contributed by atoms with Crippen LogP contribution in [0.15, 0.2) is 42.5 Å². The van der Waals surface area contributed by atoms with Crippen molar-refractivity contribution in [2.45, 2.75) is 71.6 Å². The molecule has 0 aromatic heterocycles. The molecule has 1 aromatic carbocycles. The first-order chi connectivity index (χ1) is 10.8. The fourth-order valence-corrected chi connectivity index (χ4v) is 3.17. The van der Waals surface area contributed by atoms with Gasteiger partial charge >= 0.3 is 0 Å². The molecular formula is C22H32. The number of rotatable bonds is 9. The molecular weight excluding hydrogens is 264 g/mol. The molecule has 1 aliphatic carbocycles. The Balaban J connectivity index is 1.82. The van der Waals surface area contributed by atoms with E-state index in [1.54, 1.807) is 0 Å². The second-order valence-corrected chi connectivity index (χ2v) is 6.66. The number of unbranched alkanes of at least 4 members (excludes halogenated alkanes) is 4. The highest BCUT2D eigenvalue weighted by molar-refractivity contribution is 5.75. The third-order valence-corrected chi connectivity index (χ3v) is 4.72. The molecule has 0 amide bonds. The minimum atomic E-state index is 0.768. The van der Waals surface area contributed by atoms with Crippen LogP contribution in [-0.2, 0) is 6.42 Å². The molecule has 0 N–H and O–H groups in total. The number of hydrogen-bond donors (Lipinski definition) is 0. The fourth-order valence-electron chi connectivity index (χ4n) is 3.17. The normalized spacial score (nSPS) is 17.5. The predicted molar refractivity (Wildman–Crippen MR) is 99.0 cm³/mol. The molecule has 1 aliphatic rings. The smallest absolute Gasteiger partial charge is 0.0187 e. The zero-order chi connectivity index (χ0) is 15.6. The molecule has 0 radical (unpaired) electrons. The summed E-state index contributed by atoms with van der Waals surface area (Å²) >= 11 is 0. The summed E-state index contributed by atoms with van der Waals surface area (Å²) in [6, 6.07) is 9.19. The van der Waals surface area contributed by atoms with Gasteiger partial charge in [-0.2, -0.15) is 0 Å². The maximum absolute atomic E-state index is 2.44. The van der Waals surface area contributed by atoms with Crippen LogP contribution in [0, 0.1) is 5.92 Å². The van der Waals surface area contributed by atoms with Gasteiger partial charge in [0.25, 0.3) is 0 Å². The Bertz CT molecular complexity index is 475. The lowest BCUT2D eigenvalue weighted by molar-refractivity contribution is 0.532. The van der Waals surface area contributed by atoms with Crippen LogP contribution >= 0.6 is 0 Å². The summed E-state index contributed by atoms with van der Waals surface area (Å²) in [5, 5.41) is 0. The van der Waals surface area contributed by atoms with E-state index in [0.29, 0.717) is 0 Å². The number of allylic oxidation sites excluding steroid dienone is 4. The first kappa shape index (κ1) is 17.1. The fraction of sp³-hybridized carbons (Fsp3) is 0.545. The lowest BCUT2D eigenvalue weighted by atomic mass is 9.89. The van der Waals surface area contributed by atoms with Crippen molar-refractivity contribution in [1.29, 1.82) is 0 Å². The highest BCUT2D eigenvalue weighted by atomic mass is 14.1. The monoisotopic (exact) mass is 296 g/mol. The highest BCUT2D eigenvalue weighted by Crippen LogP contribution is 2.27. The first-order valence-electron chi connectivity index (χ1n) is 9.31. The summed E-state index contributed by atoms with van der Waals surface area (Å²) in [7, 11) is 0. The standard InChI is InChI=1S/C22H32/c1-3-5-7-8-10-20-13-17-22(18-14-20)21-15-11-19(12-16-21)9-6-4-2/h11-13,15-18,20H,3-10,14H2,1-2H3. The Kier molecular flexibility index (Phi) is 7.49. The lowest BCUT2D eigenvalue weighted by Crippen LogP contribution is -2.00. The van der Waals surface area contributed by atoms with Crippen LogP contribution in [0.3, 0.4) is 0 Å². The van der Waals surface area contributed by atoms with E-state index >= 15 is 0 Å². The van der Waals surface area contributed by atoms with Gasteiger partial charge in [-0.05, 0) is 48.3 Å². The van der Waals surface area contributed by atoms with Crippen molar-refractivity contribution in [2.24, 2.45) is 5.92 Å². The topological polar surface area (TPSA) is 0 Å². The van der Waals surface area contributed by atoms with Crippen LogP contribution < -0.4 is 0 Å². The summed E-state index contributed by atoms with van der Waals surface area (Å²) in [6.07, 6.45) is 19.1. The summed E-state index contributed by atoms with van der Waals surface area (Å²) in [4.78, 5) is 0. The van der Waals surface area contributed by atoms with E-state index in [1.165, 1.54) is 74.5 Å². The van der Waals surface area contributed by atoms with Crippen LogP contribution in [-0.4, -0.2) is 0 Å². The van der Waals surface area contributed by atoms with Gasteiger partial charge < -0.3 is 0 Å². The molecule has 120 valence electrons. The number of benzene rings is 1. The summed E-state index contributed by atoms with van der Waals surface area (Å²) in [6.45, 7) is 4.54. The van der Waals surface area contributed by atoms with Gasteiger partial charge in [-0.25, -0.2) is 0 Å². The third kappa shape index (κ3) is 5.48. The number of aryl methyl sites for hydroxylation is 1. The van der Waals surface area contributed by atoms with Crippen molar-refractivity contribution in [3.05, 3.63) is 53.6 Å². The van der Waals surface area contributed by atoms with Crippen molar-refractivity contribution in [1.82, 2.24) is 0 Å². The zero-order valence-corrected chi connectivity index (χ0v) is 14.5. The van der Waals surface area contributed by atoms with E-state index in [0.717, 1.165) is 5.92 Å². The lowest BCUT2D eigenvalue weighted by Gasteiger charge is -2.16. The van der Waals surface area contributed by atoms with Gasteiger partial charge in [0.1, 0.15) is 0 Å². The highest BCUT2D eigenvalue weighted by Gasteiger charge is 2.09. The van der Waals surface area contributed by atoms with Gasteiger partial charge in [0.15, 0.2) is 0 Å². The quantitative estimate of drug-likeness (QED) is 0.432. The first-order valence-corrected chi connectivity index (χ1v) is 9.31. The Hall–Kier alpha value is -1.30. The Morgan fingerprint density at radius 1 is 0.909 bits per heavy atom. The predicted octanol–water partition coefficient (Wildman–Crippen LogP) is 6.96. The van der Waals surface area contributed by atoms with Crippen LogP contribution in [0.2, 0.25) is 0 Å². The van der Waals surface area contributed by atoms with E-state index in [1.807, 2.05) is 0 Å². The van der Waals surface area contributed by atoms with Gasteiger partial charge in [-0.1, -0.05) is 88.4 Å². The summed E-state index contributed by atoms with van der Waals surface area (Å²) in [5.74, 6) is 0.768. The SMILES string of the molecule is CCCCCCC1C=CC(c2ccc(CCCC)cc2)=CC1. The molecule has 22 heavy (non-hydrogen) atoms. The summed E-state index contributed by atoms with van der Waals surface area (Å²) < 4.78 is 0. The molecule has 0 fully saturated rings. The van der Waals surface area contributed by atoms with Crippen molar-refractivity contribution < 1.29 is 0 Å². The summed E-state index contributed by atoms with van der Waals surface area (Å²) in [5.41, 5.74) is 4.26. The van der Waals surface area contributed by atoms with Gasteiger partial charge in [-0.15, -0.1) is 0 Å². The Labute approximate surface area is 137 Å². The molecule has 0 heteroatoms. The Morgan fingerprint density at radius 3 is 2.32 bits per heavy atom. The molecule has 0 bridgehead atoms. The van der Waals surface area contributed by atoms with E-state index in [9.17, 15) is 0 Å². The minimum absolute atomic E-state index is 0.768. The van der Waals surface area contributed by atoms with Crippen molar-refractivity contribution in [3.8, 4) is 0 Å². The van der Waals surface area contributed by atoms with E-state index in [4.69, 9.17) is 0 Å². The molecule has 0 saturated heterocycles. The van der Waals surface area contributed by atoms with Crippen molar-refractivity contribution in [3.63, 3.8) is 0 Å². The van der Waals surface area contributed by atoms with Crippen LogP contribution in [0.4, 0.5) is 0 Å². The molecule has 0 spiro atoms. The van der Waals surface area contributed by atoms with Gasteiger partial charge in [0, 0.05) is 0 Å². The molecule has 1 unspecified atom stereocenters. The second kappa shape index (κ2) is 9.66. The maximum Gasteiger partial charge on any atom is -0.0187 e. The molecule has 2 rings (SSSR count). The molecule has 0 saturated carbocycles.